The summed E-state index contributed by atoms with van der Waals surface area (Å²) in [5.41, 5.74) is 1.81. The van der Waals surface area contributed by atoms with Crippen molar-refractivity contribution >= 4 is 17.5 Å². The third kappa shape index (κ3) is 5.43. The van der Waals surface area contributed by atoms with E-state index < -0.39 is 17.8 Å². The molecular formula is C23H28FN3O3. The number of benzene rings is 2. The first-order valence-corrected chi connectivity index (χ1v) is 10.2. The lowest BCUT2D eigenvalue weighted by Gasteiger charge is -2.28. The highest BCUT2D eigenvalue weighted by Crippen LogP contribution is 2.19. The van der Waals surface area contributed by atoms with Crippen LogP contribution in [-0.4, -0.2) is 47.1 Å². The smallest absolute Gasteiger partial charge is 0.255 e. The first-order chi connectivity index (χ1) is 14.3. The number of hydrogen-bond acceptors (Lipinski definition) is 4. The van der Waals surface area contributed by atoms with Crippen molar-refractivity contribution in [3.63, 3.8) is 0 Å². The van der Waals surface area contributed by atoms with E-state index in [1.165, 1.54) is 24.3 Å². The van der Waals surface area contributed by atoms with Gasteiger partial charge in [-0.2, -0.15) is 0 Å². The third-order valence-electron chi connectivity index (χ3n) is 5.58. The Labute approximate surface area is 176 Å². The van der Waals surface area contributed by atoms with Gasteiger partial charge in [0, 0.05) is 17.3 Å². The number of anilines is 1. The zero-order valence-corrected chi connectivity index (χ0v) is 17.3. The fraction of sp³-hybridized carbons (Fsp3) is 0.391. The fourth-order valence-electron chi connectivity index (χ4n) is 3.61. The summed E-state index contributed by atoms with van der Waals surface area (Å²) in [5, 5.41) is 16.0. The number of amides is 2. The Balaban J connectivity index is 1.55. The number of aliphatic hydroxyl groups is 1. The van der Waals surface area contributed by atoms with Crippen LogP contribution in [0.2, 0.25) is 0 Å². The summed E-state index contributed by atoms with van der Waals surface area (Å²) in [7, 11) is 0. The highest BCUT2D eigenvalue weighted by Gasteiger charge is 2.29. The van der Waals surface area contributed by atoms with E-state index in [0.717, 1.165) is 31.5 Å². The minimum absolute atomic E-state index is 0.219. The average Bonchev–Trinajstić information content (AvgIpc) is 3.28. The second-order valence-electron chi connectivity index (χ2n) is 7.74. The van der Waals surface area contributed by atoms with Gasteiger partial charge in [-0.05, 0) is 81.7 Å². The van der Waals surface area contributed by atoms with Gasteiger partial charge in [-0.3, -0.25) is 14.5 Å². The summed E-state index contributed by atoms with van der Waals surface area (Å²) in [6, 6.07) is 11.9. The van der Waals surface area contributed by atoms with Crippen LogP contribution in [0, 0.1) is 5.82 Å². The molecule has 2 aromatic rings. The second-order valence-corrected chi connectivity index (χ2v) is 7.74. The first-order valence-electron chi connectivity index (χ1n) is 10.2. The Bertz CT molecular complexity index is 864. The van der Waals surface area contributed by atoms with Crippen molar-refractivity contribution in [3.05, 3.63) is 65.5 Å². The molecule has 1 unspecified atom stereocenters. The zero-order chi connectivity index (χ0) is 21.7. The maximum absolute atomic E-state index is 13.0. The minimum Gasteiger partial charge on any atom is -0.382 e. The average molecular weight is 413 g/mol. The van der Waals surface area contributed by atoms with Gasteiger partial charge in [-0.15, -0.1) is 0 Å². The predicted octanol–water partition coefficient (Wildman–Crippen LogP) is 3.10. The molecule has 0 radical (unpaired) electrons. The molecule has 2 aromatic carbocycles. The summed E-state index contributed by atoms with van der Waals surface area (Å²) >= 11 is 0. The van der Waals surface area contributed by atoms with Crippen LogP contribution in [-0.2, 0) is 4.79 Å². The number of carbonyl (C=O) groups excluding carboxylic acids is 2. The van der Waals surface area contributed by atoms with Gasteiger partial charge in [0.15, 0.2) is 0 Å². The number of aliphatic hydroxyl groups excluding tert-OH is 1. The van der Waals surface area contributed by atoms with Crippen molar-refractivity contribution in [2.75, 3.05) is 18.4 Å². The number of nitrogens with zero attached hydrogens (tertiary/aromatic N) is 1. The monoisotopic (exact) mass is 413 g/mol. The lowest BCUT2D eigenvalue weighted by atomic mass is 10.1. The highest BCUT2D eigenvalue weighted by molar-refractivity contribution is 6.04. The molecule has 1 aliphatic heterocycles. The van der Waals surface area contributed by atoms with Crippen molar-refractivity contribution < 1.29 is 19.1 Å². The van der Waals surface area contributed by atoms with Crippen LogP contribution < -0.4 is 10.6 Å². The summed E-state index contributed by atoms with van der Waals surface area (Å²) in [6.45, 7) is 5.54. The predicted molar refractivity (Wildman–Crippen MR) is 114 cm³/mol. The van der Waals surface area contributed by atoms with Gasteiger partial charge in [0.2, 0.25) is 0 Å². The van der Waals surface area contributed by atoms with Crippen molar-refractivity contribution in [1.82, 2.24) is 10.2 Å². The molecule has 3 atom stereocenters. The van der Waals surface area contributed by atoms with E-state index in [9.17, 15) is 19.1 Å². The Morgan fingerprint density at radius 2 is 1.60 bits per heavy atom. The van der Waals surface area contributed by atoms with Crippen LogP contribution in [0.25, 0.3) is 0 Å². The van der Waals surface area contributed by atoms with Gasteiger partial charge in [-0.1, -0.05) is 12.1 Å². The molecule has 3 rings (SSSR count). The number of halogens is 1. The van der Waals surface area contributed by atoms with Crippen LogP contribution >= 0.6 is 0 Å². The molecule has 0 bridgehead atoms. The number of likely N-dealkylation sites (tertiary alicyclic amines) is 1. The standard InChI is InChI=1S/C23H28FN3O3/c1-15(25-23(30)21(28)16(2)27-13-3-4-14-27)17-7-11-20(12-8-17)26-22(29)18-5-9-19(24)10-6-18/h5-12,15-16,21,28H,3-4,13-14H2,1-2H3,(H,25,30)(H,26,29)/t15?,16-,21+/m1/s1. The van der Waals surface area contributed by atoms with E-state index in [0.29, 0.717) is 11.3 Å². The lowest BCUT2D eigenvalue weighted by molar-refractivity contribution is -0.133. The summed E-state index contributed by atoms with van der Waals surface area (Å²) < 4.78 is 13.0. The summed E-state index contributed by atoms with van der Waals surface area (Å²) in [5.74, 6) is -1.12. The van der Waals surface area contributed by atoms with Gasteiger partial charge in [-0.25, -0.2) is 4.39 Å². The molecule has 160 valence electrons. The third-order valence-corrected chi connectivity index (χ3v) is 5.58. The second kappa shape index (κ2) is 9.82. The molecule has 0 aromatic heterocycles. The Morgan fingerprint density at radius 3 is 2.20 bits per heavy atom. The van der Waals surface area contributed by atoms with E-state index >= 15 is 0 Å². The fourth-order valence-corrected chi connectivity index (χ4v) is 3.61. The topological polar surface area (TPSA) is 81.7 Å². The van der Waals surface area contributed by atoms with Gasteiger partial charge >= 0.3 is 0 Å². The largest absolute Gasteiger partial charge is 0.382 e. The summed E-state index contributed by atoms with van der Waals surface area (Å²) in [6.07, 6.45) is 1.11. The maximum Gasteiger partial charge on any atom is 0.255 e. The van der Waals surface area contributed by atoms with Crippen LogP contribution in [0.4, 0.5) is 10.1 Å². The molecule has 1 heterocycles. The number of rotatable bonds is 7. The van der Waals surface area contributed by atoms with Crippen molar-refractivity contribution in [2.24, 2.45) is 0 Å². The van der Waals surface area contributed by atoms with Gasteiger partial charge < -0.3 is 15.7 Å². The van der Waals surface area contributed by atoms with Crippen molar-refractivity contribution in [1.29, 1.82) is 0 Å². The first kappa shape index (κ1) is 21.9. The minimum atomic E-state index is -1.08. The number of carbonyl (C=O) groups is 2. The molecule has 6 nitrogen and oxygen atoms in total. The number of hydrogen-bond donors (Lipinski definition) is 3. The molecule has 0 aliphatic carbocycles. The normalized spacial score (nSPS) is 17.2. The van der Waals surface area contributed by atoms with E-state index in [1.807, 2.05) is 26.0 Å². The molecule has 0 spiro atoms. The molecule has 2 amide bonds. The highest BCUT2D eigenvalue weighted by atomic mass is 19.1. The Kier molecular flexibility index (Phi) is 7.18. The van der Waals surface area contributed by atoms with Gasteiger partial charge in [0.05, 0.1) is 6.04 Å². The maximum atomic E-state index is 13.0. The van der Waals surface area contributed by atoms with E-state index in [1.54, 1.807) is 12.1 Å². The molecule has 3 N–H and O–H groups in total. The zero-order valence-electron chi connectivity index (χ0n) is 17.3. The van der Waals surface area contributed by atoms with Crippen molar-refractivity contribution in [2.45, 2.75) is 44.9 Å². The molecule has 0 saturated carbocycles. The molecule has 1 saturated heterocycles. The quantitative estimate of drug-likeness (QED) is 0.652. The molecule has 1 fully saturated rings. The van der Waals surface area contributed by atoms with E-state index in [4.69, 9.17) is 0 Å². The van der Waals surface area contributed by atoms with Gasteiger partial charge in [0.1, 0.15) is 11.9 Å². The van der Waals surface area contributed by atoms with Gasteiger partial charge in [0.25, 0.3) is 11.8 Å². The van der Waals surface area contributed by atoms with Crippen LogP contribution in [0.1, 0.15) is 48.7 Å². The van der Waals surface area contributed by atoms with Crippen molar-refractivity contribution in [3.8, 4) is 0 Å². The molecule has 30 heavy (non-hydrogen) atoms. The van der Waals surface area contributed by atoms with Crippen LogP contribution in [0.5, 0.6) is 0 Å². The molecular weight excluding hydrogens is 385 g/mol. The van der Waals surface area contributed by atoms with E-state index in [2.05, 4.69) is 15.5 Å². The number of nitrogens with one attached hydrogen (secondary N) is 2. The SMILES string of the molecule is CC(NC(=O)[C@@H](O)[C@@H](C)N1CCCC1)c1ccc(NC(=O)c2ccc(F)cc2)cc1. The Hall–Kier alpha value is -2.77. The lowest BCUT2D eigenvalue weighted by Crippen LogP contribution is -2.48. The summed E-state index contributed by atoms with van der Waals surface area (Å²) in [4.78, 5) is 26.8. The van der Waals surface area contributed by atoms with Crippen LogP contribution in [0.3, 0.4) is 0 Å². The van der Waals surface area contributed by atoms with Crippen LogP contribution in [0.15, 0.2) is 48.5 Å². The van der Waals surface area contributed by atoms with E-state index in [-0.39, 0.29) is 18.0 Å². The molecule has 7 heteroatoms. The Morgan fingerprint density at radius 1 is 1.00 bits per heavy atom. The molecule has 1 aliphatic rings.